The van der Waals surface area contributed by atoms with Gasteiger partial charge in [0.1, 0.15) is 0 Å². The van der Waals surface area contributed by atoms with E-state index in [1.807, 2.05) is 48.8 Å². The molecule has 5 nitrogen and oxygen atoms in total. The first-order chi connectivity index (χ1) is 26.7. The van der Waals surface area contributed by atoms with Gasteiger partial charge in [-0.2, -0.15) is 5.26 Å². The monoisotopic (exact) mass is 687 g/mol. The normalized spacial score (nSPS) is 11.3. The summed E-state index contributed by atoms with van der Waals surface area (Å²) in [7, 11) is 0. The van der Waals surface area contributed by atoms with E-state index in [0.717, 1.165) is 99.5 Å². The van der Waals surface area contributed by atoms with Crippen LogP contribution in [0.1, 0.15) is 5.56 Å². The Morgan fingerprint density at radius 1 is 0.333 bits per heavy atom. The topological polar surface area (TPSA) is 75.3 Å². The van der Waals surface area contributed by atoms with Crippen molar-refractivity contribution in [2.24, 2.45) is 0 Å². The van der Waals surface area contributed by atoms with Gasteiger partial charge in [-0.1, -0.05) is 109 Å². The summed E-state index contributed by atoms with van der Waals surface area (Å²) in [6, 6.07) is 58.7. The molecule has 4 heterocycles. The van der Waals surface area contributed by atoms with E-state index in [4.69, 9.17) is 9.97 Å². The summed E-state index contributed by atoms with van der Waals surface area (Å²) in [4.78, 5) is 19.4. The molecular weight excluding hydrogens is 659 g/mol. The van der Waals surface area contributed by atoms with Crippen molar-refractivity contribution >= 4 is 43.6 Å². The number of benzene rings is 6. The van der Waals surface area contributed by atoms with E-state index in [-0.39, 0.29) is 0 Å². The molecule has 0 bridgehead atoms. The van der Waals surface area contributed by atoms with Crippen LogP contribution in [0.4, 0.5) is 0 Å². The van der Waals surface area contributed by atoms with Gasteiger partial charge in [0.25, 0.3) is 0 Å². The van der Waals surface area contributed by atoms with Crippen LogP contribution in [0.25, 0.3) is 99.5 Å². The highest BCUT2D eigenvalue weighted by atomic mass is 14.8. The van der Waals surface area contributed by atoms with Gasteiger partial charge in [-0.05, 0) is 88.0 Å². The number of pyridine rings is 4. The molecule has 0 N–H and O–H groups in total. The SMILES string of the molecule is N#Cc1ccc(-c2cc(-c3ccc(-c4ccc5ccc6cccnc6c5n4)cc3)cc(-c3ccc(-c4ccc5ccc6cccnc6c5n4)cc3)c2)cc1. The number of nitriles is 1. The van der Waals surface area contributed by atoms with Gasteiger partial charge in [0, 0.05) is 45.1 Å². The van der Waals surface area contributed by atoms with Gasteiger partial charge in [0.15, 0.2) is 0 Å². The molecule has 10 aromatic rings. The predicted molar refractivity (Wildman–Crippen MR) is 220 cm³/mol. The average Bonchev–Trinajstić information content (AvgIpc) is 3.26. The molecule has 6 aromatic carbocycles. The molecule has 10 rings (SSSR count). The molecule has 5 heteroatoms. The first kappa shape index (κ1) is 31.2. The molecule has 0 aliphatic heterocycles. The third kappa shape index (κ3) is 5.60. The second-order valence-electron chi connectivity index (χ2n) is 13.5. The Bertz CT molecular complexity index is 2910. The van der Waals surface area contributed by atoms with E-state index in [9.17, 15) is 5.26 Å². The van der Waals surface area contributed by atoms with Gasteiger partial charge in [0.2, 0.25) is 0 Å². The van der Waals surface area contributed by atoms with Crippen LogP contribution in [0.2, 0.25) is 0 Å². The lowest BCUT2D eigenvalue weighted by Crippen LogP contribution is -1.90. The lowest BCUT2D eigenvalue weighted by Gasteiger charge is -2.13. The largest absolute Gasteiger partial charge is 0.254 e. The Labute approximate surface area is 311 Å². The molecule has 0 amide bonds. The van der Waals surface area contributed by atoms with Crippen LogP contribution < -0.4 is 0 Å². The lowest BCUT2D eigenvalue weighted by molar-refractivity contribution is 1.37. The lowest BCUT2D eigenvalue weighted by atomic mass is 9.92. The Morgan fingerprint density at radius 3 is 1.09 bits per heavy atom. The van der Waals surface area contributed by atoms with Gasteiger partial charge in [-0.15, -0.1) is 0 Å². The Kier molecular flexibility index (Phi) is 7.45. The quantitative estimate of drug-likeness (QED) is 0.168. The minimum absolute atomic E-state index is 0.637. The maximum Gasteiger partial charge on any atom is 0.0991 e. The zero-order chi connectivity index (χ0) is 36.0. The molecule has 250 valence electrons. The minimum Gasteiger partial charge on any atom is -0.254 e. The van der Waals surface area contributed by atoms with Crippen molar-refractivity contribution in [3.05, 3.63) is 182 Å². The van der Waals surface area contributed by atoms with Crippen LogP contribution in [-0.4, -0.2) is 19.9 Å². The molecule has 4 aromatic heterocycles. The molecule has 0 atom stereocenters. The highest BCUT2D eigenvalue weighted by Gasteiger charge is 2.12. The summed E-state index contributed by atoms with van der Waals surface area (Å²) in [6.07, 6.45) is 3.64. The first-order valence-corrected chi connectivity index (χ1v) is 17.8. The van der Waals surface area contributed by atoms with Crippen LogP contribution in [-0.2, 0) is 0 Å². The summed E-state index contributed by atoms with van der Waals surface area (Å²) < 4.78 is 0. The van der Waals surface area contributed by atoms with Crippen molar-refractivity contribution in [1.82, 2.24) is 19.9 Å². The first-order valence-electron chi connectivity index (χ1n) is 17.8. The van der Waals surface area contributed by atoms with Gasteiger partial charge < -0.3 is 0 Å². The number of nitrogens with zero attached hydrogens (tertiary/aromatic N) is 5. The van der Waals surface area contributed by atoms with E-state index >= 15 is 0 Å². The van der Waals surface area contributed by atoms with Crippen molar-refractivity contribution < 1.29 is 0 Å². The van der Waals surface area contributed by atoms with E-state index in [2.05, 4.69) is 143 Å². The standard InChI is InChI=1S/C49H29N5/c50-30-31-5-7-32(8-6-31)41-27-42(33-9-13-35(14-10-33)44-23-21-39-19-17-37-3-1-25-51-46(37)48(39)53-44)29-43(28-41)34-11-15-36(16-12-34)45-24-22-40-20-18-38-4-2-26-52-47(38)49(40)54-45/h1-29H. The highest BCUT2D eigenvalue weighted by molar-refractivity contribution is 6.04. The second-order valence-corrected chi connectivity index (χ2v) is 13.5. The van der Waals surface area contributed by atoms with Crippen LogP contribution in [0.15, 0.2) is 176 Å². The smallest absolute Gasteiger partial charge is 0.0991 e. The third-order valence-corrected chi connectivity index (χ3v) is 10.2. The molecule has 0 saturated carbocycles. The molecule has 0 fully saturated rings. The molecule has 54 heavy (non-hydrogen) atoms. The number of aromatic nitrogens is 4. The maximum atomic E-state index is 9.43. The predicted octanol–water partition coefficient (Wildman–Crippen LogP) is 12.1. The Hall–Kier alpha value is -7.55. The summed E-state index contributed by atoms with van der Waals surface area (Å²) in [6.45, 7) is 0. The molecule has 0 aliphatic rings. The molecule has 0 spiro atoms. The highest BCUT2D eigenvalue weighted by Crippen LogP contribution is 2.35. The van der Waals surface area contributed by atoms with E-state index in [1.54, 1.807) is 0 Å². The van der Waals surface area contributed by atoms with Crippen molar-refractivity contribution in [3.8, 4) is 62.0 Å². The van der Waals surface area contributed by atoms with E-state index in [0.29, 0.717) is 5.56 Å². The summed E-state index contributed by atoms with van der Waals surface area (Å²) in [5.74, 6) is 0. The second kappa shape index (κ2) is 12.9. The summed E-state index contributed by atoms with van der Waals surface area (Å²) >= 11 is 0. The van der Waals surface area contributed by atoms with Crippen molar-refractivity contribution in [3.63, 3.8) is 0 Å². The zero-order valence-corrected chi connectivity index (χ0v) is 29.0. The summed E-state index contributed by atoms with van der Waals surface area (Å²) in [5, 5.41) is 13.7. The Balaban J connectivity index is 1.02. The molecule has 0 unspecified atom stereocenters. The zero-order valence-electron chi connectivity index (χ0n) is 29.0. The van der Waals surface area contributed by atoms with Crippen molar-refractivity contribution in [2.75, 3.05) is 0 Å². The van der Waals surface area contributed by atoms with Gasteiger partial charge in [-0.25, -0.2) is 9.97 Å². The van der Waals surface area contributed by atoms with Gasteiger partial charge >= 0.3 is 0 Å². The molecule has 0 saturated heterocycles. The number of hydrogen-bond acceptors (Lipinski definition) is 5. The maximum absolute atomic E-state index is 9.43. The fraction of sp³-hybridized carbons (Fsp3) is 0. The number of rotatable bonds is 5. The van der Waals surface area contributed by atoms with Gasteiger partial charge in [-0.3, -0.25) is 9.97 Å². The number of hydrogen-bond donors (Lipinski definition) is 0. The van der Waals surface area contributed by atoms with E-state index < -0.39 is 0 Å². The van der Waals surface area contributed by atoms with Crippen molar-refractivity contribution in [2.45, 2.75) is 0 Å². The average molecular weight is 688 g/mol. The van der Waals surface area contributed by atoms with Crippen LogP contribution in [0.3, 0.4) is 0 Å². The third-order valence-electron chi connectivity index (χ3n) is 10.2. The fourth-order valence-corrected chi connectivity index (χ4v) is 7.30. The minimum atomic E-state index is 0.637. The molecule has 0 radical (unpaired) electrons. The van der Waals surface area contributed by atoms with Crippen LogP contribution in [0, 0.1) is 11.3 Å². The summed E-state index contributed by atoms with van der Waals surface area (Å²) in [5.41, 5.74) is 14.7. The molecule has 0 aliphatic carbocycles. The van der Waals surface area contributed by atoms with Crippen molar-refractivity contribution in [1.29, 1.82) is 5.26 Å². The van der Waals surface area contributed by atoms with Crippen LogP contribution >= 0.6 is 0 Å². The van der Waals surface area contributed by atoms with Gasteiger partial charge in [0.05, 0.1) is 45.1 Å². The molecular formula is C49H29N5. The fourth-order valence-electron chi connectivity index (χ4n) is 7.30. The number of fused-ring (bicyclic) bond motifs is 6. The van der Waals surface area contributed by atoms with E-state index in [1.165, 1.54) is 0 Å². The Morgan fingerprint density at radius 2 is 0.685 bits per heavy atom. The van der Waals surface area contributed by atoms with Crippen LogP contribution in [0.5, 0.6) is 0 Å².